The summed E-state index contributed by atoms with van der Waals surface area (Å²) in [6, 6.07) is 27.9. The van der Waals surface area contributed by atoms with Gasteiger partial charge in [0.25, 0.3) is 0 Å². The van der Waals surface area contributed by atoms with Crippen molar-refractivity contribution in [2.24, 2.45) is 0 Å². The number of rotatable bonds is 4. The maximum atomic E-state index is 11.3. The molecule has 2 heterocycles. The highest BCUT2D eigenvalue weighted by molar-refractivity contribution is 5.87. The van der Waals surface area contributed by atoms with Crippen LogP contribution < -0.4 is 9.64 Å². The zero-order chi connectivity index (χ0) is 25.8. The SMILES string of the molecule is CN1c2ccccc2C(C)(C)C12C=Cc1cc(-c3ccc(C=O)cc3)cc(-c3ccc(C=O)cc3)c1O2. The lowest BCUT2D eigenvalue weighted by molar-refractivity contribution is 0.0588. The van der Waals surface area contributed by atoms with Crippen LogP contribution in [0.2, 0.25) is 0 Å². The second-order valence-electron chi connectivity index (χ2n) is 10.3. The summed E-state index contributed by atoms with van der Waals surface area (Å²) in [6.45, 7) is 4.46. The predicted molar refractivity (Wildman–Crippen MR) is 148 cm³/mol. The van der Waals surface area contributed by atoms with E-state index in [1.165, 1.54) is 5.56 Å². The van der Waals surface area contributed by atoms with Gasteiger partial charge in [0.05, 0.1) is 5.41 Å². The molecule has 1 unspecified atom stereocenters. The molecule has 0 fully saturated rings. The van der Waals surface area contributed by atoms with Gasteiger partial charge in [-0.25, -0.2) is 0 Å². The standard InChI is InChI=1S/C33H27NO3/c1-32(2)29-6-4-5-7-30(29)34(3)33(32)17-16-26-18-27(24-12-8-22(20-35)9-13-24)19-28(31(26)37-33)25-14-10-23(21-36)11-15-25/h4-21H,1-3H3. The van der Waals surface area contributed by atoms with Crippen LogP contribution in [0.15, 0.2) is 91.0 Å². The monoisotopic (exact) mass is 485 g/mol. The molecule has 2 aliphatic heterocycles. The average Bonchev–Trinajstić information content (AvgIpc) is 3.10. The lowest BCUT2D eigenvalue weighted by Gasteiger charge is -2.46. The summed E-state index contributed by atoms with van der Waals surface area (Å²) in [7, 11) is 2.09. The zero-order valence-corrected chi connectivity index (χ0v) is 21.1. The first kappa shape index (κ1) is 23.0. The van der Waals surface area contributed by atoms with Crippen molar-refractivity contribution in [3.63, 3.8) is 0 Å². The summed E-state index contributed by atoms with van der Waals surface area (Å²) in [4.78, 5) is 24.7. The van der Waals surface area contributed by atoms with Gasteiger partial charge in [0.15, 0.2) is 0 Å². The Morgan fingerprint density at radius 3 is 2.00 bits per heavy atom. The van der Waals surface area contributed by atoms with Crippen molar-refractivity contribution in [1.82, 2.24) is 0 Å². The van der Waals surface area contributed by atoms with E-state index in [1.807, 2.05) is 48.5 Å². The summed E-state index contributed by atoms with van der Waals surface area (Å²) in [5.74, 6) is 0.808. The van der Waals surface area contributed by atoms with E-state index in [9.17, 15) is 9.59 Å². The Kier molecular flexibility index (Phi) is 5.16. The van der Waals surface area contributed by atoms with Crippen molar-refractivity contribution in [3.05, 3.63) is 113 Å². The Bertz CT molecular complexity index is 1560. The van der Waals surface area contributed by atoms with Gasteiger partial charge < -0.3 is 9.64 Å². The van der Waals surface area contributed by atoms with Crippen molar-refractivity contribution in [2.75, 3.05) is 11.9 Å². The molecule has 0 radical (unpaired) electrons. The summed E-state index contributed by atoms with van der Waals surface area (Å²) >= 11 is 0. The molecule has 4 aromatic rings. The second kappa shape index (κ2) is 8.31. The molecule has 1 spiro atoms. The van der Waals surface area contributed by atoms with E-state index in [0.717, 1.165) is 51.8 Å². The van der Waals surface area contributed by atoms with Crippen molar-refractivity contribution < 1.29 is 14.3 Å². The summed E-state index contributed by atoms with van der Waals surface area (Å²) in [6.07, 6.45) is 6.04. The normalized spacial score (nSPS) is 18.7. The summed E-state index contributed by atoms with van der Waals surface area (Å²) < 4.78 is 7.08. The molecule has 0 aliphatic carbocycles. The first-order valence-electron chi connectivity index (χ1n) is 12.4. The number of aldehydes is 2. The van der Waals surface area contributed by atoms with Crippen LogP contribution in [0.1, 0.15) is 45.7 Å². The third-order valence-electron chi connectivity index (χ3n) is 7.93. The number of likely N-dealkylation sites (N-methyl/N-ethyl adjacent to an activating group) is 1. The second-order valence-corrected chi connectivity index (χ2v) is 10.3. The van der Waals surface area contributed by atoms with Crippen molar-refractivity contribution in [2.45, 2.75) is 25.0 Å². The molecular weight excluding hydrogens is 458 g/mol. The van der Waals surface area contributed by atoms with Gasteiger partial charge in [0.1, 0.15) is 18.3 Å². The van der Waals surface area contributed by atoms with Gasteiger partial charge in [0.2, 0.25) is 5.72 Å². The van der Waals surface area contributed by atoms with Gasteiger partial charge in [-0.1, -0.05) is 66.7 Å². The molecule has 4 heteroatoms. The zero-order valence-electron chi connectivity index (χ0n) is 21.1. The van der Waals surface area contributed by atoms with Crippen LogP contribution in [0.4, 0.5) is 5.69 Å². The summed E-state index contributed by atoms with van der Waals surface area (Å²) in [5.41, 5.74) is 7.60. The molecule has 6 rings (SSSR count). The number of carbonyl (C=O) groups excluding carboxylic acids is 2. The topological polar surface area (TPSA) is 46.6 Å². The van der Waals surface area contributed by atoms with Crippen LogP contribution in [-0.4, -0.2) is 25.3 Å². The molecule has 2 aliphatic rings. The lowest BCUT2D eigenvalue weighted by atomic mass is 9.76. The minimum Gasteiger partial charge on any atom is -0.462 e. The number of anilines is 1. The third kappa shape index (κ3) is 3.36. The molecular formula is C33H27NO3. The van der Waals surface area contributed by atoms with E-state index < -0.39 is 5.72 Å². The highest BCUT2D eigenvalue weighted by Crippen LogP contribution is 2.55. The van der Waals surface area contributed by atoms with Gasteiger partial charge in [0, 0.05) is 35.0 Å². The van der Waals surface area contributed by atoms with Crippen LogP contribution in [0.3, 0.4) is 0 Å². The number of ether oxygens (including phenoxy) is 1. The van der Waals surface area contributed by atoms with Crippen molar-refractivity contribution in [3.8, 4) is 28.0 Å². The molecule has 37 heavy (non-hydrogen) atoms. The Balaban J connectivity index is 1.54. The molecule has 0 saturated carbocycles. The van der Waals surface area contributed by atoms with E-state index >= 15 is 0 Å². The Morgan fingerprint density at radius 1 is 0.757 bits per heavy atom. The number of hydrogen-bond acceptors (Lipinski definition) is 4. The van der Waals surface area contributed by atoms with Crippen LogP contribution in [0.5, 0.6) is 5.75 Å². The van der Waals surface area contributed by atoms with E-state index in [-0.39, 0.29) is 5.41 Å². The number of nitrogens with zero attached hydrogens (tertiary/aromatic N) is 1. The van der Waals surface area contributed by atoms with Crippen LogP contribution >= 0.6 is 0 Å². The number of fused-ring (bicyclic) bond motifs is 2. The average molecular weight is 486 g/mol. The molecule has 182 valence electrons. The van der Waals surface area contributed by atoms with E-state index in [4.69, 9.17) is 4.74 Å². The predicted octanol–water partition coefficient (Wildman–Crippen LogP) is 7.18. The van der Waals surface area contributed by atoms with Crippen LogP contribution in [-0.2, 0) is 5.41 Å². The first-order chi connectivity index (χ1) is 17.9. The lowest BCUT2D eigenvalue weighted by Crippen LogP contribution is -2.58. The van der Waals surface area contributed by atoms with Gasteiger partial charge in [-0.15, -0.1) is 0 Å². The maximum absolute atomic E-state index is 11.3. The van der Waals surface area contributed by atoms with Crippen molar-refractivity contribution >= 4 is 24.3 Å². The first-order valence-corrected chi connectivity index (χ1v) is 12.4. The largest absolute Gasteiger partial charge is 0.462 e. The Hall–Kier alpha value is -4.44. The van der Waals surface area contributed by atoms with Crippen molar-refractivity contribution in [1.29, 1.82) is 0 Å². The molecule has 1 atom stereocenters. The Morgan fingerprint density at radius 2 is 1.38 bits per heavy atom. The van der Waals surface area contributed by atoms with Crippen LogP contribution in [0.25, 0.3) is 28.3 Å². The molecule has 0 N–H and O–H groups in total. The molecule has 0 saturated heterocycles. The summed E-state index contributed by atoms with van der Waals surface area (Å²) in [5, 5.41) is 0. The quantitative estimate of drug-likeness (QED) is 0.287. The van der Waals surface area contributed by atoms with E-state index in [1.54, 1.807) is 0 Å². The molecule has 0 bridgehead atoms. The number of carbonyl (C=O) groups is 2. The fourth-order valence-electron chi connectivity index (χ4n) is 5.76. The van der Waals surface area contributed by atoms with E-state index in [0.29, 0.717) is 11.1 Å². The van der Waals surface area contributed by atoms with Crippen LogP contribution in [0, 0.1) is 0 Å². The smallest absolute Gasteiger partial charge is 0.211 e. The fourth-order valence-corrected chi connectivity index (χ4v) is 5.76. The van der Waals surface area contributed by atoms with Gasteiger partial charge in [-0.05, 0) is 66.5 Å². The number of benzene rings is 4. The molecule has 0 aromatic heterocycles. The van der Waals surface area contributed by atoms with E-state index in [2.05, 4.69) is 74.3 Å². The molecule has 0 amide bonds. The number of hydrogen-bond donors (Lipinski definition) is 0. The minimum absolute atomic E-state index is 0.311. The number of para-hydroxylation sites is 1. The fraction of sp³-hybridized carbons (Fsp3) is 0.152. The highest BCUT2D eigenvalue weighted by atomic mass is 16.5. The van der Waals surface area contributed by atoms with Gasteiger partial charge in [-0.2, -0.15) is 0 Å². The Labute approximate surface area is 216 Å². The third-order valence-corrected chi connectivity index (χ3v) is 7.93. The highest BCUT2D eigenvalue weighted by Gasteiger charge is 2.57. The minimum atomic E-state index is -0.700. The van der Waals surface area contributed by atoms with Gasteiger partial charge in [-0.3, -0.25) is 9.59 Å². The molecule has 4 aromatic carbocycles. The molecule has 4 nitrogen and oxygen atoms in total. The van der Waals surface area contributed by atoms with Gasteiger partial charge >= 0.3 is 0 Å². The maximum Gasteiger partial charge on any atom is 0.211 e.